The molecule has 4 aromatic rings. The van der Waals surface area contributed by atoms with Gasteiger partial charge in [-0.15, -0.1) is 10.2 Å². The van der Waals surface area contributed by atoms with Crippen LogP contribution in [0, 0.1) is 0 Å². The van der Waals surface area contributed by atoms with E-state index in [1.54, 1.807) is 18.7 Å². The number of aromatic nitrogens is 4. The van der Waals surface area contributed by atoms with E-state index < -0.39 is 0 Å². The van der Waals surface area contributed by atoms with Crippen molar-refractivity contribution < 1.29 is 9.47 Å². The molecule has 6 nitrogen and oxygen atoms in total. The summed E-state index contributed by atoms with van der Waals surface area (Å²) < 4.78 is 12.3. The lowest BCUT2D eigenvalue weighted by atomic mass is 10.2. The molecular formula is C19H15ClN4O2S. The number of hydrogen-bond acceptors (Lipinski definition) is 6. The van der Waals surface area contributed by atoms with Crippen molar-refractivity contribution in [1.29, 1.82) is 0 Å². The van der Waals surface area contributed by atoms with Crippen molar-refractivity contribution in [3.63, 3.8) is 0 Å². The van der Waals surface area contributed by atoms with Gasteiger partial charge in [-0.3, -0.25) is 0 Å². The number of nitrogens with zero attached hydrogens (tertiary/aromatic N) is 4. The second kappa shape index (κ2) is 7.38. The van der Waals surface area contributed by atoms with Crippen LogP contribution < -0.4 is 9.47 Å². The molecule has 4 rings (SSSR count). The summed E-state index contributed by atoms with van der Waals surface area (Å²) in [4.78, 5) is 0.705. The molecule has 27 heavy (non-hydrogen) atoms. The maximum atomic E-state index is 6.28. The highest BCUT2D eigenvalue weighted by Crippen LogP contribution is 2.30. The van der Waals surface area contributed by atoms with Crippen LogP contribution in [0.1, 0.15) is 10.6 Å². The van der Waals surface area contributed by atoms with E-state index >= 15 is 0 Å². The molecule has 0 saturated heterocycles. The van der Waals surface area contributed by atoms with Crippen molar-refractivity contribution in [3.05, 3.63) is 58.1 Å². The van der Waals surface area contributed by atoms with Crippen LogP contribution in [-0.4, -0.2) is 34.0 Å². The average Bonchev–Trinajstić information content (AvgIpc) is 3.27. The molecular weight excluding hydrogens is 384 g/mol. The van der Waals surface area contributed by atoms with Crippen molar-refractivity contribution in [2.24, 2.45) is 0 Å². The minimum absolute atomic E-state index is 0.613. The molecule has 0 amide bonds. The van der Waals surface area contributed by atoms with E-state index in [2.05, 4.69) is 15.3 Å². The predicted molar refractivity (Wildman–Crippen MR) is 108 cm³/mol. The monoisotopic (exact) mass is 398 g/mol. The Bertz CT molecular complexity index is 1140. The first-order valence-electron chi connectivity index (χ1n) is 8.07. The second-order valence-electron chi connectivity index (χ2n) is 5.59. The smallest absolute Gasteiger partial charge is 0.235 e. The first-order valence-corrected chi connectivity index (χ1v) is 9.26. The lowest BCUT2D eigenvalue weighted by Crippen LogP contribution is -1.91. The van der Waals surface area contributed by atoms with Crippen LogP contribution >= 0.6 is 22.9 Å². The zero-order valence-corrected chi connectivity index (χ0v) is 16.2. The zero-order valence-electron chi connectivity index (χ0n) is 14.6. The summed E-state index contributed by atoms with van der Waals surface area (Å²) in [7, 11) is 3.23. The summed E-state index contributed by atoms with van der Waals surface area (Å²) in [6.45, 7) is 0. The molecule has 2 aromatic carbocycles. The molecule has 0 unspecified atom stereocenters. The molecule has 136 valence electrons. The van der Waals surface area contributed by atoms with E-state index in [-0.39, 0.29) is 0 Å². The summed E-state index contributed by atoms with van der Waals surface area (Å²) in [6, 6.07) is 13.2. The Morgan fingerprint density at radius 1 is 1.00 bits per heavy atom. The third-order valence-electron chi connectivity index (χ3n) is 3.95. The van der Waals surface area contributed by atoms with E-state index in [1.807, 2.05) is 54.6 Å². The molecule has 0 saturated carbocycles. The first kappa shape index (κ1) is 17.5. The van der Waals surface area contributed by atoms with E-state index in [0.29, 0.717) is 27.3 Å². The fraction of sp³-hybridized carbons (Fsp3) is 0.105. The predicted octanol–water partition coefficient (Wildman–Crippen LogP) is 4.69. The summed E-state index contributed by atoms with van der Waals surface area (Å²) in [5.41, 5.74) is 1.78. The molecule has 0 aliphatic rings. The lowest BCUT2D eigenvalue weighted by Gasteiger charge is -2.07. The van der Waals surface area contributed by atoms with E-state index in [9.17, 15) is 0 Å². The SMILES string of the molecule is COc1ccc(/C=C/c2nn3c(-c4ccccc4Cl)nnc3s2)cc1OC. The molecule has 8 heteroatoms. The Labute approximate surface area is 164 Å². The topological polar surface area (TPSA) is 61.5 Å². The summed E-state index contributed by atoms with van der Waals surface area (Å²) >= 11 is 7.72. The van der Waals surface area contributed by atoms with Gasteiger partial charge in [-0.2, -0.15) is 9.61 Å². The first-order chi connectivity index (χ1) is 13.2. The third-order valence-corrected chi connectivity index (χ3v) is 5.14. The quantitative estimate of drug-likeness (QED) is 0.488. The fourth-order valence-corrected chi connectivity index (χ4v) is 3.59. The molecule has 0 bridgehead atoms. The van der Waals surface area contributed by atoms with E-state index in [0.717, 1.165) is 16.1 Å². The molecule has 0 N–H and O–H groups in total. The van der Waals surface area contributed by atoms with Gasteiger partial charge in [0.25, 0.3) is 0 Å². The number of benzene rings is 2. The van der Waals surface area contributed by atoms with Crippen LogP contribution in [0.2, 0.25) is 5.02 Å². The van der Waals surface area contributed by atoms with Crippen molar-refractivity contribution in [3.8, 4) is 22.9 Å². The van der Waals surface area contributed by atoms with Gasteiger partial charge in [0, 0.05) is 5.56 Å². The fourth-order valence-electron chi connectivity index (χ4n) is 2.63. The molecule has 0 fully saturated rings. The lowest BCUT2D eigenvalue weighted by molar-refractivity contribution is 0.355. The minimum atomic E-state index is 0.613. The number of fused-ring (bicyclic) bond motifs is 1. The molecule has 0 aliphatic carbocycles. The van der Waals surface area contributed by atoms with Crippen LogP contribution in [0.4, 0.5) is 0 Å². The third kappa shape index (κ3) is 3.39. The van der Waals surface area contributed by atoms with Crippen LogP contribution in [0.15, 0.2) is 42.5 Å². The van der Waals surface area contributed by atoms with Gasteiger partial charge in [0.15, 0.2) is 17.3 Å². The van der Waals surface area contributed by atoms with Gasteiger partial charge in [0.2, 0.25) is 4.96 Å². The van der Waals surface area contributed by atoms with Crippen LogP contribution in [0.3, 0.4) is 0 Å². The van der Waals surface area contributed by atoms with Gasteiger partial charge in [-0.25, -0.2) is 0 Å². The molecule has 0 spiro atoms. The highest BCUT2D eigenvalue weighted by Gasteiger charge is 2.14. The highest BCUT2D eigenvalue weighted by molar-refractivity contribution is 7.17. The Kier molecular flexibility index (Phi) is 4.79. The number of ether oxygens (including phenoxy) is 2. The molecule has 0 radical (unpaired) electrons. The van der Waals surface area contributed by atoms with E-state index in [1.165, 1.54) is 11.3 Å². The second-order valence-corrected chi connectivity index (χ2v) is 6.98. The number of methoxy groups -OCH3 is 2. The Morgan fingerprint density at radius 2 is 1.81 bits per heavy atom. The van der Waals surface area contributed by atoms with Gasteiger partial charge in [0.1, 0.15) is 5.01 Å². The highest BCUT2D eigenvalue weighted by atomic mass is 35.5. The largest absolute Gasteiger partial charge is 0.493 e. The Morgan fingerprint density at radius 3 is 2.59 bits per heavy atom. The van der Waals surface area contributed by atoms with Crippen molar-refractivity contribution in [2.45, 2.75) is 0 Å². The number of halogens is 1. The summed E-state index contributed by atoms with van der Waals surface area (Å²) in [5, 5.41) is 14.4. The maximum Gasteiger partial charge on any atom is 0.235 e. The normalized spacial score (nSPS) is 11.4. The van der Waals surface area contributed by atoms with Crippen LogP contribution in [0.25, 0.3) is 28.5 Å². The van der Waals surface area contributed by atoms with Crippen molar-refractivity contribution in [1.82, 2.24) is 19.8 Å². The number of hydrogen-bond donors (Lipinski definition) is 0. The standard InChI is InChI=1S/C19H15ClN4O2S/c1-25-15-9-7-12(11-16(15)26-2)8-10-17-23-24-18(21-22-19(24)27-17)13-5-3-4-6-14(13)20/h3-11H,1-2H3/b10-8+. The van der Waals surface area contributed by atoms with E-state index in [4.69, 9.17) is 21.1 Å². The van der Waals surface area contributed by atoms with Gasteiger partial charge >= 0.3 is 0 Å². The van der Waals surface area contributed by atoms with Crippen LogP contribution in [-0.2, 0) is 0 Å². The Hall–Kier alpha value is -2.90. The van der Waals surface area contributed by atoms with Gasteiger partial charge in [0.05, 0.1) is 19.2 Å². The van der Waals surface area contributed by atoms with Crippen molar-refractivity contribution in [2.75, 3.05) is 14.2 Å². The summed E-state index contributed by atoms with van der Waals surface area (Å²) in [5.74, 6) is 1.99. The zero-order chi connectivity index (χ0) is 18.8. The molecule has 2 heterocycles. The van der Waals surface area contributed by atoms with Gasteiger partial charge in [-0.05, 0) is 35.9 Å². The molecule has 0 aliphatic heterocycles. The average molecular weight is 399 g/mol. The molecule has 2 aromatic heterocycles. The molecule has 0 atom stereocenters. The summed E-state index contributed by atoms with van der Waals surface area (Å²) in [6.07, 6.45) is 3.89. The van der Waals surface area contributed by atoms with Gasteiger partial charge < -0.3 is 9.47 Å². The van der Waals surface area contributed by atoms with Crippen LogP contribution in [0.5, 0.6) is 11.5 Å². The van der Waals surface area contributed by atoms with Gasteiger partial charge in [-0.1, -0.05) is 47.2 Å². The maximum absolute atomic E-state index is 6.28. The number of rotatable bonds is 5. The minimum Gasteiger partial charge on any atom is -0.493 e. The Balaban J connectivity index is 1.66. The van der Waals surface area contributed by atoms with Crippen molar-refractivity contribution >= 4 is 40.1 Å².